The second-order valence-corrected chi connectivity index (χ2v) is 3.88. The van der Waals surface area contributed by atoms with Gasteiger partial charge in [0.25, 0.3) is 0 Å². The van der Waals surface area contributed by atoms with Gasteiger partial charge in [0.1, 0.15) is 0 Å². The highest BCUT2D eigenvalue weighted by molar-refractivity contribution is 5.56. The Hall–Kier alpha value is -1.09. The number of rotatable bonds is 0. The highest BCUT2D eigenvalue weighted by atomic mass is 15.1. The summed E-state index contributed by atoms with van der Waals surface area (Å²) in [6.45, 7) is 2.27. The van der Waals surface area contributed by atoms with E-state index in [1.807, 2.05) is 6.20 Å². The summed E-state index contributed by atoms with van der Waals surface area (Å²) in [7, 11) is 0. The predicted octanol–water partition coefficient (Wildman–Crippen LogP) is 0.959. The number of fused-ring (bicyclic) bond motifs is 2. The van der Waals surface area contributed by atoms with Gasteiger partial charge in [0.2, 0.25) is 0 Å². The third-order valence-corrected chi connectivity index (χ3v) is 3.05. The smallest absolute Gasteiger partial charge is 0.0609 e. The second-order valence-electron chi connectivity index (χ2n) is 3.88. The lowest BCUT2D eigenvalue weighted by molar-refractivity contribution is 0.468. The Bertz CT molecular complexity index is 351. The number of hydrogen-bond donors (Lipinski definition) is 2. The molecule has 13 heavy (non-hydrogen) atoms. The van der Waals surface area contributed by atoms with Crippen molar-refractivity contribution in [3.8, 4) is 0 Å². The number of nitrogens with one attached hydrogen (secondary N) is 2. The van der Waals surface area contributed by atoms with Gasteiger partial charge < -0.3 is 5.32 Å². The number of H-pyrrole nitrogens is 1. The summed E-state index contributed by atoms with van der Waals surface area (Å²) in [5, 5.41) is 10.6. The average Bonchev–Trinajstić information content (AvgIpc) is 2.61. The molecule has 1 aliphatic heterocycles. The van der Waals surface area contributed by atoms with E-state index in [1.54, 1.807) is 5.57 Å². The van der Waals surface area contributed by atoms with Crippen LogP contribution in [0.1, 0.15) is 17.7 Å². The van der Waals surface area contributed by atoms with Gasteiger partial charge in [0, 0.05) is 6.54 Å². The van der Waals surface area contributed by atoms with E-state index in [1.165, 1.54) is 17.7 Å². The molecule has 1 aromatic heterocycles. The Kier molecular flexibility index (Phi) is 1.52. The molecule has 1 fully saturated rings. The van der Waals surface area contributed by atoms with Crippen molar-refractivity contribution in [3.05, 3.63) is 23.0 Å². The van der Waals surface area contributed by atoms with E-state index >= 15 is 0 Å². The quantitative estimate of drug-likeness (QED) is 0.616. The van der Waals surface area contributed by atoms with Gasteiger partial charge in [0.15, 0.2) is 0 Å². The zero-order chi connectivity index (χ0) is 8.67. The highest BCUT2D eigenvalue weighted by Gasteiger charge is 2.24. The second kappa shape index (κ2) is 2.70. The first-order valence-corrected chi connectivity index (χ1v) is 4.87. The Balaban J connectivity index is 2.02. The Labute approximate surface area is 77.2 Å². The normalized spacial score (nSPS) is 26.2. The van der Waals surface area contributed by atoms with Crippen molar-refractivity contribution in [1.82, 2.24) is 15.5 Å². The lowest BCUT2D eigenvalue weighted by Gasteiger charge is -2.29. The molecule has 68 valence electrons. The fourth-order valence-corrected chi connectivity index (χ4v) is 2.30. The molecule has 3 rings (SSSR count). The van der Waals surface area contributed by atoms with Gasteiger partial charge in [-0.15, -0.1) is 0 Å². The largest absolute Gasteiger partial charge is 0.316 e. The average molecular weight is 175 g/mol. The van der Waals surface area contributed by atoms with Crippen LogP contribution >= 0.6 is 0 Å². The maximum absolute atomic E-state index is 4.07. The van der Waals surface area contributed by atoms with Crippen molar-refractivity contribution in [2.24, 2.45) is 5.92 Å². The van der Waals surface area contributed by atoms with Crippen LogP contribution < -0.4 is 5.32 Å². The summed E-state index contributed by atoms with van der Waals surface area (Å²) in [6, 6.07) is 0. The van der Waals surface area contributed by atoms with Crippen molar-refractivity contribution in [1.29, 1.82) is 0 Å². The summed E-state index contributed by atoms with van der Waals surface area (Å²) in [5.41, 5.74) is 4.20. The first kappa shape index (κ1) is 7.33. The number of aromatic amines is 1. The van der Waals surface area contributed by atoms with E-state index < -0.39 is 0 Å². The molecule has 1 atom stereocenters. The summed E-state index contributed by atoms with van der Waals surface area (Å²) >= 11 is 0. The summed E-state index contributed by atoms with van der Waals surface area (Å²) in [5.74, 6) is 0.721. The van der Waals surface area contributed by atoms with Gasteiger partial charge in [-0.05, 0) is 36.9 Å². The molecule has 1 aliphatic carbocycles. The number of piperidine rings is 1. The minimum absolute atomic E-state index is 0.721. The van der Waals surface area contributed by atoms with Gasteiger partial charge in [-0.25, -0.2) is 0 Å². The fraction of sp³-hybridized carbons (Fsp3) is 0.500. The van der Waals surface area contributed by atoms with Crippen molar-refractivity contribution >= 4 is 6.08 Å². The summed E-state index contributed by atoms with van der Waals surface area (Å²) in [6.07, 6.45) is 6.60. The molecule has 0 aromatic carbocycles. The first-order chi connectivity index (χ1) is 6.43. The molecule has 3 heteroatoms. The van der Waals surface area contributed by atoms with Gasteiger partial charge in [-0.1, -0.05) is 5.57 Å². The van der Waals surface area contributed by atoms with Crippen molar-refractivity contribution in [2.45, 2.75) is 12.8 Å². The number of nitrogens with zero attached hydrogens (tertiary/aromatic N) is 1. The Morgan fingerprint density at radius 2 is 2.46 bits per heavy atom. The van der Waals surface area contributed by atoms with Crippen LogP contribution in [0.2, 0.25) is 0 Å². The number of aromatic nitrogens is 2. The monoisotopic (exact) mass is 175 g/mol. The lowest BCUT2D eigenvalue weighted by Crippen LogP contribution is -2.34. The van der Waals surface area contributed by atoms with Crippen LogP contribution in [0.15, 0.2) is 11.8 Å². The minimum Gasteiger partial charge on any atom is -0.316 e. The lowest BCUT2D eigenvalue weighted by atomic mass is 9.83. The number of hydrogen-bond acceptors (Lipinski definition) is 2. The van der Waals surface area contributed by atoms with Crippen LogP contribution in [0, 0.1) is 5.92 Å². The maximum atomic E-state index is 4.07. The summed E-state index contributed by atoms with van der Waals surface area (Å²) < 4.78 is 0. The van der Waals surface area contributed by atoms with E-state index in [0.29, 0.717) is 0 Å². The maximum Gasteiger partial charge on any atom is 0.0609 e. The van der Waals surface area contributed by atoms with E-state index in [4.69, 9.17) is 0 Å². The zero-order valence-corrected chi connectivity index (χ0v) is 7.51. The van der Waals surface area contributed by atoms with Crippen molar-refractivity contribution in [2.75, 3.05) is 13.1 Å². The molecule has 3 nitrogen and oxygen atoms in total. The molecule has 0 spiro atoms. The molecule has 0 saturated carbocycles. The van der Waals surface area contributed by atoms with E-state index in [2.05, 4.69) is 21.6 Å². The summed E-state index contributed by atoms with van der Waals surface area (Å²) in [4.78, 5) is 0. The molecule has 0 bridgehead atoms. The van der Waals surface area contributed by atoms with Crippen molar-refractivity contribution < 1.29 is 0 Å². The standard InChI is InChI=1S/C10H13N3/c1-2-11-5-8-3-9-6-12-13-10(9)4-7(1)8/h4,6,8,11H,1-3,5H2,(H,12,13). The SMILES string of the molecule is C1=C2CCNCC2Cc2cn[nH]c21. The van der Waals surface area contributed by atoms with Gasteiger partial charge in [0.05, 0.1) is 11.9 Å². The van der Waals surface area contributed by atoms with Gasteiger partial charge >= 0.3 is 0 Å². The molecule has 0 radical (unpaired) electrons. The minimum atomic E-state index is 0.721. The Morgan fingerprint density at radius 1 is 1.46 bits per heavy atom. The van der Waals surface area contributed by atoms with E-state index in [9.17, 15) is 0 Å². The van der Waals surface area contributed by atoms with Crippen LogP contribution in [-0.4, -0.2) is 23.3 Å². The molecule has 2 heterocycles. The molecule has 0 amide bonds. The van der Waals surface area contributed by atoms with E-state index in [0.717, 1.165) is 25.4 Å². The zero-order valence-electron chi connectivity index (χ0n) is 7.51. The highest BCUT2D eigenvalue weighted by Crippen LogP contribution is 2.30. The van der Waals surface area contributed by atoms with Gasteiger partial charge in [-0.2, -0.15) is 5.10 Å². The molecular weight excluding hydrogens is 162 g/mol. The molecule has 1 aromatic rings. The fourth-order valence-electron chi connectivity index (χ4n) is 2.30. The molecule has 1 saturated heterocycles. The van der Waals surface area contributed by atoms with Crippen LogP contribution in [0.5, 0.6) is 0 Å². The van der Waals surface area contributed by atoms with Crippen LogP contribution in [0.3, 0.4) is 0 Å². The predicted molar refractivity (Wildman–Crippen MR) is 51.2 cm³/mol. The third kappa shape index (κ3) is 1.11. The molecular formula is C10H13N3. The van der Waals surface area contributed by atoms with Crippen molar-refractivity contribution in [3.63, 3.8) is 0 Å². The molecule has 2 aliphatic rings. The van der Waals surface area contributed by atoms with E-state index in [-0.39, 0.29) is 0 Å². The topological polar surface area (TPSA) is 40.7 Å². The first-order valence-electron chi connectivity index (χ1n) is 4.87. The van der Waals surface area contributed by atoms with Crippen LogP contribution in [0.25, 0.3) is 6.08 Å². The molecule has 1 unspecified atom stereocenters. The molecule has 2 N–H and O–H groups in total. The Morgan fingerprint density at radius 3 is 3.46 bits per heavy atom. The van der Waals surface area contributed by atoms with Gasteiger partial charge in [-0.3, -0.25) is 5.10 Å². The van der Waals surface area contributed by atoms with Crippen LogP contribution in [0.4, 0.5) is 0 Å². The third-order valence-electron chi connectivity index (χ3n) is 3.05. The van der Waals surface area contributed by atoms with Crippen LogP contribution in [-0.2, 0) is 6.42 Å².